The van der Waals surface area contributed by atoms with Crippen LogP contribution in [0.15, 0.2) is 18.2 Å². The maximum Gasteiger partial charge on any atom is 0.241 e. The lowest BCUT2D eigenvalue weighted by atomic mass is 10.00. The number of halogens is 2. The summed E-state index contributed by atoms with van der Waals surface area (Å²) >= 11 is 0. The van der Waals surface area contributed by atoms with E-state index in [2.05, 4.69) is 43.1 Å². The highest BCUT2D eigenvalue weighted by Gasteiger charge is 2.28. The number of nitrogens with zero attached hydrogens (tertiary/aromatic N) is 1. The number of rotatable bonds is 5. The van der Waals surface area contributed by atoms with Crippen molar-refractivity contribution in [2.24, 2.45) is 0 Å². The first-order valence-electron chi connectivity index (χ1n) is 8.24. The molecule has 0 saturated carbocycles. The maximum absolute atomic E-state index is 12.7. The van der Waals surface area contributed by atoms with Crippen LogP contribution in [0.1, 0.15) is 50.2 Å². The normalized spacial score (nSPS) is 17.0. The first-order chi connectivity index (χ1) is 10.1. The SMILES string of the molecule is CCCCN1CCCCC1C(=O)Nc1c(C)cccc1C.Cl.Cl.O. The van der Waals surface area contributed by atoms with Crippen molar-refractivity contribution in [3.8, 4) is 0 Å². The Morgan fingerprint density at radius 2 is 1.83 bits per heavy atom. The summed E-state index contributed by atoms with van der Waals surface area (Å²) < 4.78 is 0. The summed E-state index contributed by atoms with van der Waals surface area (Å²) in [7, 11) is 0. The van der Waals surface area contributed by atoms with Gasteiger partial charge in [0.25, 0.3) is 0 Å². The molecule has 0 aliphatic carbocycles. The molecule has 1 atom stereocenters. The van der Waals surface area contributed by atoms with Gasteiger partial charge in [0.05, 0.1) is 6.04 Å². The van der Waals surface area contributed by atoms with Gasteiger partial charge >= 0.3 is 0 Å². The van der Waals surface area contributed by atoms with Gasteiger partial charge in [0.1, 0.15) is 0 Å². The molecular weight excluding hydrogens is 347 g/mol. The summed E-state index contributed by atoms with van der Waals surface area (Å²) in [6.07, 6.45) is 5.72. The minimum atomic E-state index is 0. The average molecular weight is 379 g/mol. The molecule has 1 heterocycles. The zero-order valence-corrected chi connectivity index (χ0v) is 16.6. The zero-order chi connectivity index (χ0) is 15.2. The van der Waals surface area contributed by atoms with E-state index in [9.17, 15) is 4.79 Å². The monoisotopic (exact) mass is 378 g/mol. The lowest BCUT2D eigenvalue weighted by Gasteiger charge is -2.34. The number of unbranched alkanes of at least 4 members (excludes halogenated alkanes) is 1. The Balaban J connectivity index is 0. The molecule has 0 bridgehead atoms. The van der Waals surface area contributed by atoms with Crippen LogP contribution in [0.25, 0.3) is 0 Å². The number of para-hydroxylation sites is 1. The smallest absolute Gasteiger partial charge is 0.241 e. The molecule has 0 aromatic heterocycles. The van der Waals surface area contributed by atoms with Gasteiger partial charge in [-0.05, 0) is 57.3 Å². The van der Waals surface area contributed by atoms with E-state index in [1.807, 2.05) is 6.07 Å². The minimum Gasteiger partial charge on any atom is -0.412 e. The second-order valence-electron chi connectivity index (χ2n) is 6.16. The fourth-order valence-electron chi connectivity index (χ4n) is 3.13. The Hall–Kier alpha value is -0.810. The van der Waals surface area contributed by atoms with Gasteiger partial charge in [-0.3, -0.25) is 9.69 Å². The summed E-state index contributed by atoms with van der Waals surface area (Å²) in [5.41, 5.74) is 3.27. The Morgan fingerprint density at radius 3 is 2.42 bits per heavy atom. The first kappa shape index (κ1) is 25.4. The standard InChI is InChI=1S/C18H28N2O.2ClH.H2O/c1-4-5-12-20-13-7-6-11-16(20)18(21)19-17-14(2)9-8-10-15(17)3;;;/h8-10,16H,4-7,11-13H2,1-3H3,(H,19,21);2*1H;1H2. The van der Waals surface area contributed by atoms with Crippen LogP contribution in [-0.2, 0) is 4.79 Å². The maximum atomic E-state index is 12.7. The van der Waals surface area contributed by atoms with E-state index in [0.717, 1.165) is 42.7 Å². The highest BCUT2D eigenvalue weighted by atomic mass is 35.5. The van der Waals surface area contributed by atoms with E-state index >= 15 is 0 Å². The van der Waals surface area contributed by atoms with Gasteiger partial charge in [-0.15, -0.1) is 24.8 Å². The topological polar surface area (TPSA) is 63.8 Å². The summed E-state index contributed by atoms with van der Waals surface area (Å²) in [5.74, 6) is 0.170. The summed E-state index contributed by atoms with van der Waals surface area (Å²) in [6, 6.07) is 6.19. The number of benzene rings is 1. The third-order valence-electron chi connectivity index (χ3n) is 4.44. The van der Waals surface area contributed by atoms with Gasteiger partial charge in [-0.2, -0.15) is 0 Å². The van der Waals surface area contributed by atoms with Crippen molar-refractivity contribution in [1.82, 2.24) is 4.90 Å². The predicted octanol–water partition coefficient (Wildman–Crippen LogP) is 3.92. The van der Waals surface area contributed by atoms with Crippen molar-refractivity contribution in [3.63, 3.8) is 0 Å². The lowest BCUT2D eigenvalue weighted by Crippen LogP contribution is -2.47. The van der Waals surface area contributed by atoms with Crippen LogP contribution in [0.2, 0.25) is 0 Å². The molecule has 4 nitrogen and oxygen atoms in total. The molecule has 1 aromatic rings. The molecule has 6 heteroatoms. The van der Waals surface area contributed by atoms with E-state index in [-0.39, 0.29) is 42.2 Å². The molecule has 24 heavy (non-hydrogen) atoms. The fraction of sp³-hybridized carbons (Fsp3) is 0.611. The molecule has 3 N–H and O–H groups in total. The second kappa shape index (κ2) is 12.5. The van der Waals surface area contributed by atoms with Gasteiger partial charge in [-0.1, -0.05) is 38.0 Å². The van der Waals surface area contributed by atoms with Crippen molar-refractivity contribution < 1.29 is 10.3 Å². The second-order valence-corrected chi connectivity index (χ2v) is 6.16. The average Bonchev–Trinajstić information content (AvgIpc) is 2.49. The van der Waals surface area contributed by atoms with Gasteiger partial charge in [-0.25, -0.2) is 0 Å². The van der Waals surface area contributed by atoms with Crippen molar-refractivity contribution in [3.05, 3.63) is 29.3 Å². The van der Waals surface area contributed by atoms with E-state index in [4.69, 9.17) is 0 Å². The van der Waals surface area contributed by atoms with Crippen molar-refractivity contribution >= 4 is 36.4 Å². The third-order valence-corrected chi connectivity index (χ3v) is 4.44. The Kier molecular flexibility index (Phi) is 13.3. The molecule has 2 rings (SSSR count). The van der Waals surface area contributed by atoms with E-state index < -0.39 is 0 Å². The van der Waals surface area contributed by atoms with Crippen molar-refractivity contribution in [1.29, 1.82) is 0 Å². The number of nitrogens with one attached hydrogen (secondary N) is 1. The summed E-state index contributed by atoms with van der Waals surface area (Å²) in [4.78, 5) is 15.1. The lowest BCUT2D eigenvalue weighted by molar-refractivity contribution is -0.122. The number of carbonyl (C=O) groups is 1. The molecule has 140 valence electrons. The number of likely N-dealkylation sites (tertiary alicyclic amines) is 1. The van der Waals surface area contributed by atoms with E-state index in [1.54, 1.807) is 0 Å². The largest absolute Gasteiger partial charge is 0.412 e. The molecule has 1 aliphatic rings. The van der Waals surface area contributed by atoms with Crippen molar-refractivity contribution in [2.75, 3.05) is 18.4 Å². The minimum absolute atomic E-state index is 0. The number of piperidine rings is 1. The number of amides is 1. The summed E-state index contributed by atoms with van der Waals surface area (Å²) in [5, 5.41) is 3.17. The number of hydrogen-bond donors (Lipinski definition) is 1. The zero-order valence-electron chi connectivity index (χ0n) is 14.9. The van der Waals surface area contributed by atoms with Crippen LogP contribution in [0.5, 0.6) is 0 Å². The summed E-state index contributed by atoms with van der Waals surface area (Å²) in [6.45, 7) is 8.42. The molecule has 1 unspecified atom stereocenters. The van der Waals surface area contributed by atoms with Crippen LogP contribution < -0.4 is 5.32 Å². The molecule has 1 saturated heterocycles. The predicted molar refractivity (Wildman–Crippen MR) is 107 cm³/mol. The van der Waals surface area contributed by atoms with Crippen LogP contribution in [0, 0.1) is 13.8 Å². The highest BCUT2D eigenvalue weighted by Crippen LogP contribution is 2.23. The van der Waals surface area contributed by atoms with Gasteiger partial charge in [0.15, 0.2) is 0 Å². The molecule has 0 radical (unpaired) electrons. The Labute approximate surface area is 158 Å². The number of carbonyl (C=O) groups excluding carboxylic acids is 1. The number of anilines is 1. The van der Waals surface area contributed by atoms with E-state index in [0.29, 0.717) is 0 Å². The number of aryl methyl sites for hydroxylation is 2. The van der Waals surface area contributed by atoms with Gasteiger partial charge in [0.2, 0.25) is 5.91 Å². The van der Waals surface area contributed by atoms with Crippen molar-refractivity contribution in [2.45, 2.75) is 58.9 Å². The van der Waals surface area contributed by atoms with Crippen LogP contribution in [0.4, 0.5) is 5.69 Å². The van der Waals surface area contributed by atoms with Crippen LogP contribution in [-0.4, -0.2) is 35.4 Å². The number of hydrogen-bond acceptors (Lipinski definition) is 2. The third kappa shape index (κ3) is 6.60. The molecule has 0 spiro atoms. The highest BCUT2D eigenvalue weighted by molar-refractivity contribution is 5.96. The van der Waals surface area contributed by atoms with Gasteiger partial charge in [0, 0.05) is 5.69 Å². The van der Waals surface area contributed by atoms with E-state index in [1.165, 1.54) is 19.3 Å². The first-order valence-corrected chi connectivity index (χ1v) is 8.24. The molecule has 1 amide bonds. The molecule has 1 fully saturated rings. The van der Waals surface area contributed by atoms with Gasteiger partial charge < -0.3 is 10.8 Å². The van der Waals surface area contributed by atoms with Crippen LogP contribution in [0.3, 0.4) is 0 Å². The molecule has 1 aromatic carbocycles. The Bertz CT molecular complexity index is 478. The Morgan fingerprint density at radius 1 is 1.21 bits per heavy atom. The molecule has 1 aliphatic heterocycles. The quantitative estimate of drug-likeness (QED) is 0.843. The fourth-order valence-corrected chi connectivity index (χ4v) is 3.13. The molecular formula is C18H32Cl2N2O2. The van der Waals surface area contributed by atoms with Crippen LogP contribution >= 0.6 is 24.8 Å².